The number of ether oxygens (including phenoxy) is 1. The van der Waals surface area contributed by atoms with Gasteiger partial charge in [-0.2, -0.15) is 0 Å². The van der Waals surface area contributed by atoms with E-state index < -0.39 is 0 Å². The van der Waals surface area contributed by atoms with Gasteiger partial charge in [0.1, 0.15) is 0 Å². The molecule has 110 valence electrons. The highest BCUT2D eigenvalue weighted by molar-refractivity contribution is 5.67. The van der Waals surface area contributed by atoms with Gasteiger partial charge < -0.3 is 15.4 Å². The fourth-order valence-electron chi connectivity index (χ4n) is 2.49. The number of benzene rings is 1. The summed E-state index contributed by atoms with van der Waals surface area (Å²) in [4.78, 5) is 15.8. The van der Waals surface area contributed by atoms with Crippen LogP contribution in [0.2, 0.25) is 0 Å². The lowest BCUT2D eigenvalue weighted by molar-refractivity contribution is 0.0686. The molecule has 2 rings (SSSR count). The van der Waals surface area contributed by atoms with E-state index in [0.717, 1.165) is 31.9 Å². The van der Waals surface area contributed by atoms with Gasteiger partial charge >= 0.3 is 6.09 Å². The van der Waals surface area contributed by atoms with Crippen molar-refractivity contribution in [3.05, 3.63) is 29.8 Å². The number of carbonyl (C=O) groups is 1. The fraction of sp³-hybridized carbons (Fsp3) is 0.533. The van der Waals surface area contributed by atoms with E-state index in [4.69, 9.17) is 10.5 Å². The molecule has 1 fully saturated rings. The van der Waals surface area contributed by atoms with Crippen LogP contribution in [-0.2, 0) is 4.74 Å². The number of amides is 1. The Hall–Kier alpha value is -1.75. The minimum absolute atomic E-state index is 0.202. The second kappa shape index (κ2) is 6.61. The molecule has 1 heterocycles. The summed E-state index contributed by atoms with van der Waals surface area (Å²) in [5.74, 6) is 0. The molecular weight excluding hydrogens is 254 g/mol. The lowest BCUT2D eigenvalue weighted by Crippen LogP contribution is -2.49. The average Bonchev–Trinajstić information content (AvgIpc) is 2.48. The molecule has 1 aromatic rings. The SMILES string of the molecule is CCOC(=O)N1CCN(C(C)c2ccc(N)cc2)CC1. The first-order valence-corrected chi connectivity index (χ1v) is 7.13. The summed E-state index contributed by atoms with van der Waals surface area (Å²) in [6, 6.07) is 8.33. The number of carbonyl (C=O) groups excluding carboxylic acids is 1. The van der Waals surface area contributed by atoms with E-state index in [0.29, 0.717) is 12.6 Å². The second-order valence-electron chi connectivity index (χ2n) is 5.06. The summed E-state index contributed by atoms with van der Waals surface area (Å²) in [5, 5.41) is 0. The summed E-state index contributed by atoms with van der Waals surface area (Å²) in [5.41, 5.74) is 7.75. The molecule has 0 saturated carbocycles. The third-order valence-corrected chi connectivity index (χ3v) is 3.81. The van der Waals surface area contributed by atoms with Gasteiger partial charge in [0.15, 0.2) is 0 Å². The Bertz CT molecular complexity index is 439. The molecule has 20 heavy (non-hydrogen) atoms. The lowest BCUT2D eigenvalue weighted by atomic mass is 10.1. The van der Waals surface area contributed by atoms with Crippen molar-refractivity contribution in [3.8, 4) is 0 Å². The molecule has 2 N–H and O–H groups in total. The van der Waals surface area contributed by atoms with Crippen LogP contribution >= 0.6 is 0 Å². The first-order chi connectivity index (χ1) is 9.61. The van der Waals surface area contributed by atoms with Crippen molar-refractivity contribution in [2.24, 2.45) is 0 Å². The van der Waals surface area contributed by atoms with E-state index in [2.05, 4.69) is 24.0 Å². The van der Waals surface area contributed by atoms with Crippen molar-refractivity contribution in [1.29, 1.82) is 0 Å². The van der Waals surface area contributed by atoms with Crippen molar-refractivity contribution in [1.82, 2.24) is 9.80 Å². The van der Waals surface area contributed by atoms with Crippen LogP contribution in [0, 0.1) is 0 Å². The molecule has 5 nitrogen and oxygen atoms in total. The van der Waals surface area contributed by atoms with Gasteiger partial charge in [-0.05, 0) is 31.5 Å². The van der Waals surface area contributed by atoms with Crippen LogP contribution in [0.15, 0.2) is 24.3 Å². The topological polar surface area (TPSA) is 58.8 Å². The maximum atomic E-state index is 11.7. The predicted octanol–water partition coefficient (Wildman–Crippen LogP) is 2.10. The summed E-state index contributed by atoms with van der Waals surface area (Å²) >= 11 is 0. The van der Waals surface area contributed by atoms with Crippen molar-refractivity contribution >= 4 is 11.8 Å². The largest absolute Gasteiger partial charge is 0.450 e. The van der Waals surface area contributed by atoms with E-state index in [9.17, 15) is 4.79 Å². The number of nitrogen functional groups attached to an aromatic ring is 1. The van der Waals surface area contributed by atoms with Crippen molar-refractivity contribution in [2.75, 3.05) is 38.5 Å². The molecule has 5 heteroatoms. The highest BCUT2D eigenvalue weighted by Gasteiger charge is 2.25. The molecule has 0 bridgehead atoms. The Morgan fingerprint density at radius 1 is 1.25 bits per heavy atom. The van der Waals surface area contributed by atoms with Crippen LogP contribution in [0.3, 0.4) is 0 Å². The summed E-state index contributed by atoms with van der Waals surface area (Å²) in [7, 11) is 0. The Labute approximate surface area is 120 Å². The summed E-state index contributed by atoms with van der Waals surface area (Å²) in [6.45, 7) is 7.62. The Morgan fingerprint density at radius 3 is 2.40 bits per heavy atom. The molecule has 1 aliphatic heterocycles. The minimum atomic E-state index is -0.202. The van der Waals surface area contributed by atoms with Gasteiger partial charge in [0.25, 0.3) is 0 Å². The van der Waals surface area contributed by atoms with E-state index >= 15 is 0 Å². The van der Waals surface area contributed by atoms with E-state index in [1.165, 1.54) is 5.56 Å². The zero-order chi connectivity index (χ0) is 14.5. The molecule has 0 radical (unpaired) electrons. The van der Waals surface area contributed by atoms with Crippen LogP contribution in [0.1, 0.15) is 25.5 Å². The Kier molecular flexibility index (Phi) is 4.84. The minimum Gasteiger partial charge on any atom is -0.450 e. The number of hydrogen-bond donors (Lipinski definition) is 1. The summed E-state index contributed by atoms with van der Waals surface area (Å²) < 4.78 is 5.03. The van der Waals surface area contributed by atoms with Gasteiger partial charge in [0.2, 0.25) is 0 Å². The van der Waals surface area contributed by atoms with Gasteiger partial charge in [0.05, 0.1) is 6.61 Å². The highest BCUT2D eigenvalue weighted by atomic mass is 16.6. The van der Waals surface area contributed by atoms with Gasteiger partial charge in [-0.25, -0.2) is 4.79 Å². The van der Waals surface area contributed by atoms with Gasteiger partial charge in [0, 0.05) is 37.9 Å². The normalized spacial score (nSPS) is 17.8. The second-order valence-corrected chi connectivity index (χ2v) is 5.06. The van der Waals surface area contributed by atoms with Crippen LogP contribution in [0.5, 0.6) is 0 Å². The average molecular weight is 277 g/mol. The molecule has 1 unspecified atom stereocenters. The molecule has 0 aliphatic carbocycles. The first-order valence-electron chi connectivity index (χ1n) is 7.13. The zero-order valence-corrected chi connectivity index (χ0v) is 12.2. The van der Waals surface area contributed by atoms with Gasteiger partial charge in [-0.15, -0.1) is 0 Å². The van der Waals surface area contributed by atoms with E-state index in [1.54, 1.807) is 4.90 Å². The molecule has 1 aromatic carbocycles. The Balaban J connectivity index is 1.90. The number of rotatable bonds is 3. The predicted molar refractivity (Wildman–Crippen MR) is 79.4 cm³/mol. The van der Waals surface area contributed by atoms with Crippen LogP contribution < -0.4 is 5.73 Å². The van der Waals surface area contributed by atoms with Crippen molar-refractivity contribution in [3.63, 3.8) is 0 Å². The third kappa shape index (κ3) is 3.42. The molecular formula is C15H23N3O2. The molecule has 1 aliphatic rings. The van der Waals surface area contributed by atoms with E-state index in [-0.39, 0.29) is 6.09 Å². The molecule has 1 amide bonds. The molecule has 0 spiro atoms. The van der Waals surface area contributed by atoms with Crippen LogP contribution in [-0.4, -0.2) is 48.7 Å². The van der Waals surface area contributed by atoms with Gasteiger partial charge in [-0.1, -0.05) is 12.1 Å². The number of hydrogen-bond acceptors (Lipinski definition) is 4. The maximum Gasteiger partial charge on any atom is 0.409 e. The number of nitrogens with zero attached hydrogens (tertiary/aromatic N) is 2. The zero-order valence-electron chi connectivity index (χ0n) is 12.2. The summed E-state index contributed by atoms with van der Waals surface area (Å²) in [6.07, 6.45) is -0.202. The highest BCUT2D eigenvalue weighted by Crippen LogP contribution is 2.22. The molecule has 0 aromatic heterocycles. The monoisotopic (exact) mass is 277 g/mol. The van der Waals surface area contributed by atoms with Crippen LogP contribution in [0.4, 0.5) is 10.5 Å². The van der Waals surface area contributed by atoms with Crippen molar-refractivity contribution in [2.45, 2.75) is 19.9 Å². The maximum absolute atomic E-state index is 11.7. The smallest absolute Gasteiger partial charge is 0.409 e. The first kappa shape index (κ1) is 14.7. The lowest BCUT2D eigenvalue weighted by Gasteiger charge is -2.37. The third-order valence-electron chi connectivity index (χ3n) is 3.81. The Morgan fingerprint density at radius 2 is 1.85 bits per heavy atom. The quantitative estimate of drug-likeness (QED) is 0.860. The van der Waals surface area contributed by atoms with Crippen molar-refractivity contribution < 1.29 is 9.53 Å². The number of piperazine rings is 1. The fourth-order valence-corrected chi connectivity index (χ4v) is 2.49. The van der Waals surface area contributed by atoms with E-state index in [1.807, 2.05) is 19.1 Å². The van der Waals surface area contributed by atoms with Crippen LogP contribution in [0.25, 0.3) is 0 Å². The number of anilines is 1. The molecule has 1 saturated heterocycles. The standard InChI is InChI=1S/C15H23N3O2/c1-3-20-15(19)18-10-8-17(9-11-18)12(2)13-4-6-14(16)7-5-13/h4-7,12H,3,8-11,16H2,1-2H3. The molecule has 1 atom stereocenters. The van der Waals surface area contributed by atoms with Gasteiger partial charge in [-0.3, -0.25) is 4.90 Å². The number of nitrogens with two attached hydrogens (primary N) is 1.